The molecule has 0 unspecified atom stereocenters. The Labute approximate surface area is 158 Å². The van der Waals surface area contributed by atoms with E-state index in [0.29, 0.717) is 15.7 Å². The molecule has 1 atom stereocenters. The van der Waals surface area contributed by atoms with Crippen molar-refractivity contribution in [1.82, 2.24) is 0 Å². The normalized spacial score (nSPS) is 19.0. The summed E-state index contributed by atoms with van der Waals surface area (Å²) in [6, 6.07) is 10.8. The Bertz CT molecular complexity index is 1020. The van der Waals surface area contributed by atoms with Crippen LogP contribution in [-0.2, 0) is 20.4 Å². The molecule has 3 N–H and O–H groups in total. The zero-order valence-corrected chi connectivity index (χ0v) is 16.0. The van der Waals surface area contributed by atoms with Gasteiger partial charge in [0.15, 0.2) is 11.4 Å². The number of anilines is 2. The number of carbonyl (C=O) groups is 2. The highest BCUT2D eigenvalue weighted by atomic mass is 79.9. The Kier molecular flexibility index (Phi) is 4.63. The van der Waals surface area contributed by atoms with E-state index < -0.39 is 33.7 Å². The highest BCUT2D eigenvalue weighted by Gasteiger charge is 2.46. The first-order valence-corrected chi connectivity index (χ1v) is 10.2. The molecule has 0 fully saturated rings. The third-order valence-electron chi connectivity index (χ3n) is 3.96. The predicted molar refractivity (Wildman–Crippen MR) is 101 cm³/mol. The molecule has 2 aromatic carbocycles. The summed E-state index contributed by atoms with van der Waals surface area (Å²) in [6.45, 7) is 0. The fraction of sp³-hybridized carbons (Fsp3) is 0.176. The zero-order chi connectivity index (χ0) is 19.1. The topological polar surface area (TPSA) is 113 Å². The lowest BCUT2D eigenvalue weighted by Gasteiger charge is -2.20. The van der Waals surface area contributed by atoms with Crippen LogP contribution < -0.4 is 10.0 Å². The van der Waals surface area contributed by atoms with Gasteiger partial charge in [0.25, 0.3) is 5.91 Å². The number of fused-ring (bicyclic) bond motifs is 1. The van der Waals surface area contributed by atoms with Crippen molar-refractivity contribution in [2.24, 2.45) is 0 Å². The number of aliphatic hydroxyl groups is 1. The molecule has 1 heterocycles. The minimum absolute atomic E-state index is 0.184. The average Bonchev–Trinajstić information content (AvgIpc) is 2.77. The molecule has 2 aromatic rings. The van der Waals surface area contributed by atoms with E-state index in [-0.39, 0.29) is 11.3 Å². The number of rotatable bonds is 5. The Morgan fingerprint density at radius 3 is 2.69 bits per heavy atom. The summed E-state index contributed by atoms with van der Waals surface area (Å²) in [5.74, 6) is -1.17. The average molecular weight is 439 g/mol. The van der Waals surface area contributed by atoms with Crippen LogP contribution in [0.15, 0.2) is 46.9 Å². The predicted octanol–water partition coefficient (Wildman–Crippen LogP) is 2.23. The minimum Gasteiger partial charge on any atom is -0.375 e. The molecule has 0 aromatic heterocycles. The molecule has 0 aliphatic carbocycles. The molecule has 1 aliphatic heterocycles. The van der Waals surface area contributed by atoms with Gasteiger partial charge >= 0.3 is 0 Å². The van der Waals surface area contributed by atoms with Gasteiger partial charge in [0.2, 0.25) is 10.0 Å². The smallest absolute Gasteiger partial charge is 0.261 e. The molecular formula is C17H15BrN2O5S. The third-order valence-corrected chi connectivity index (χ3v) is 5.05. The zero-order valence-electron chi connectivity index (χ0n) is 13.6. The molecule has 0 radical (unpaired) electrons. The number of amides is 1. The van der Waals surface area contributed by atoms with Crippen molar-refractivity contribution in [2.75, 3.05) is 16.3 Å². The quantitative estimate of drug-likeness (QED) is 0.619. The maximum Gasteiger partial charge on any atom is 0.261 e. The Morgan fingerprint density at radius 2 is 2.00 bits per heavy atom. The van der Waals surface area contributed by atoms with Crippen LogP contribution in [0, 0.1) is 0 Å². The Hall–Kier alpha value is -2.23. The number of carbonyl (C=O) groups excluding carboxylic acids is 2. The molecule has 1 aliphatic rings. The van der Waals surface area contributed by atoms with Crippen LogP contribution in [0.2, 0.25) is 0 Å². The lowest BCUT2D eigenvalue weighted by atomic mass is 9.88. The summed E-state index contributed by atoms with van der Waals surface area (Å²) in [6.07, 6.45) is 0.534. The highest BCUT2D eigenvalue weighted by molar-refractivity contribution is 9.10. The van der Waals surface area contributed by atoms with Gasteiger partial charge in [0, 0.05) is 27.0 Å². The number of sulfonamides is 1. The van der Waals surface area contributed by atoms with Gasteiger partial charge in [-0.15, -0.1) is 0 Å². The molecule has 26 heavy (non-hydrogen) atoms. The molecule has 3 rings (SSSR count). The summed E-state index contributed by atoms with van der Waals surface area (Å²) in [5.41, 5.74) is -0.819. The maximum absolute atomic E-state index is 12.6. The van der Waals surface area contributed by atoms with Gasteiger partial charge in [-0.05, 0) is 30.3 Å². The summed E-state index contributed by atoms with van der Waals surface area (Å²) >= 11 is 3.28. The van der Waals surface area contributed by atoms with E-state index in [1.165, 1.54) is 24.3 Å². The van der Waals surface area contributed by atoms with E-state index in [1.54, 1.807) is 18.2 Å². The van der Waals surface area contributed by atoms with Crippen LogP contribution in [0.25, 0.3) is 0 Å². The molecule has 9 heteroatoms. The fourth-order valence-electron chi connectivity index (χ4n) is 2.80. The second-order valence-electron chi connectivity index (χ2n) is 6.06. The lowest BCUT2D eigenvalue weighted by molar-refractivity contribution is -0.133. The number of halogens is 1. The van der Waals surface area contributed by atoms with Gasteiger partial charge < -0.3 is 10.4 Å². The van der Waals surface area contributed by atoms with Gasteiger partial charge in [-0.1, -0.05) is 28.1 Å². The van der Waals surface area contributed by atoms with Gasteiger partial charge in [-0.25, -0.2) is 8.42 Å². The van der Waals surface area contributed by atoms with Crippen molar-refractivity contribution < 1.29 is 23.1 Å². The molecule has 0 spiro atoms. The number of hydrogen-bond acceptors (Lipinski definition) is 5. The van der Waals surface area contributed by atoms with Crippen molar-refractivity contribution in [2.45, 2.75) is 12.0 Å². The SMILES string of the molecule is CS(=O)(=O)Nc1cccc(C(=O)C[C@]2(O)C(=O)Nc3ccc(Br)cc32)c1. The molecular weight excluding hydrogens is 424 g/mol. The monoisotopic (exact) mass is 438 g/mol. The standard InChI is InChI=1S/C17H15BrN2O5S/c1-26(24,25)20-12-4-2-3-10(7-12)15(21)9-17(23)13-8-11(18)5-6-14(13)19-16(17)22/h2-8,20,23H,9H2,1H3,(H,19,22)/t17-/m1/s1. The van der Waals surface area contributed by atoms with Crippen LogP contribution in [-0.4, -0.2) is 31.5 Å². The summed E-state index contributed by atoms with van der Waals surface area (Å²) in [4.78, 5) is 24.9. The van der Waals surface area contributed by atoms with E-state index in [1.807, 2.05) is 0 Å². The second-order valence-corrected chi connectivity index (χ2v) is 8.72. The van der Waals surface area contributed by atoms with Crippen LogP contribution in [0.4, 0.5) is 11.4 Å². The maximum atomic E-state index is 12.6. The number of benzene rings is 2. The molecule has 7 nitrogen and oxygen atoms in total. The van der Waals surface area contributed by atoms with Crippen molar-refractivity contribution in [3.8, 4) is 0 Å². The first kappa shape index (κ1) is 18.6. The van der Waals surface area contributed by atoms with Crippen molar-refractivity contribution in [3.63, 3.8) is 0 Å². The molecule has 0 saturated heterocycles. The van der Waals surface area contributed by atoms with Gasteiger partial charge in [-0.2, -0.15) is 0 Å². The Balaban J connectivity index is 1.90. The first-order valence-electron chi connectivity index (χ1n) is 7.53. The molecule has 0 bridgehead atoms. The molecule has 1 amide bonds. The number of hydrogen-bond donors (Lipinski definition) is 3. The summed E-state index contributed by atoms with van der Waals surface area (Å²) in [7, 11) is -3.49. The van der Waals surface area contributed by atoms with Gasteiger partial charge in [-0.3, -0.25) is 14.3 Å². The minimum atomic E-state index is -3.49. The summed E-state index contributed by atoms with van der Waals surface area (Å²) in [5, 5.41) is 13.4. The lowest BCUT2D eigenvalue weighted by Crippen LogP contribution is -2.36. The van der Waals surface area contributed by atoms with Crippen LogP contribution in [0.3, 0.4) is 0 Å². The van der Waals surface area contributed by atoms with E-state index in [9.17, 15) is 23.1 Å². The van der Waals surface area contributed by atoms with E-state index in [0.717, 1.165) is 6.26 Å². The van der Waals surface area contributed by atoms with Gasteiger partial charge in [0.1, 0.15) is 0 Å². The number of ketones is 1. The fourth-order valence-corrected chi connectivity index (χ4v) is 3.71. The van der Waals surface area contributed by atoms with Crippen molar-refractivity contribution in [3.05, 3.63) is 58.1 Å². The first-order chi connectivity index (χ1) is 12.1. The van der Waals surface area contributed by atoms with E-state index in [2.05, 4.69) is 26.0 Å². The number of nitrogens with one attached hydrogen (secondary N) is 2. The van der Waals surface area contributed by atoms with Crippen molar-refractivity contribution >= 4 is 49.0 Å². The summed E-state index contributed by atoms with van der Waals surface area (Å²) < 4.78 is 25.6. The van der Waals surface area contributed by atoms with E-state index in [4.69, 9.17) is 0 Å². The van der Waals surface area contributed by atoms with Gasteiger partial charge in [0.05, 0.1) is 12.7 Å². The van der Waals surface area contributed by atoms with Crippen LogP contribution in [0.1, 0.15) is 22.3 Å². The highest BCUT2D eigenvalue weighted by Crippen LogP contribution is 2.40. The molecule has 136 valence electrons. The van der Waals surface area contributed by atoms with Crippen molar-refractivity contribution in [1.29, 1.82) is 0 Å². The van der Waals surface area contributed by atoms with Crippen LogP contribution in [0.5, 0.6) is 0 Å². The largest absolute Gasteiger partial charge is 0.375 e. The Morgan fingerprint density at radius 1 is 1.27 bits per heavy atom. The number of Topliss-reactive ketones (excluding diaryl/α,β-unsaturated/α-hetero) is 1. The molecule has 0 saturated carbocycles. The second kappa shape index (κ2) is 6.49. The van der Waals surface area contributed by atoms with Crippen LogP contribution >= 0.6 is 15.9 Å². The van der Waals surface area contributed by atoms with E-state index >= 15 is 0 Å². The third kappa shape index (κ3) is 3.64.